The highest BCUT2D eigenvalue weighted by Gasteiger charge is 2.20. The van der Waals surface area contributed by atoms with Crippen molar-refractivity contribution in [3.63, 3.8) is 0 Å². The van der Waals surface area contributed by atoms with Gasteiger partial charge in [0.25, 0.3) is 0 Å². The fourth-order valence-corrected chi connectivity index (χ4v) is 2.21. The molecule has 0 aromatic heterocycles. The average Bonchev–Trinajstić information content (AvgIpc) is 2.41. The third kappa shape index (κ3) is 3.08. The molecule has 1 heterocycles. The smallest absolute Gasteiger partial charge is 0.336 e. The lowest BCUT2D eigenvalue weighted by molar-refractivity contribution is 0.0696. The van der Waals surface area contributed by atoms with Crippen LogP contribution in [0.25, 0.3) is 0 Å². The first-order valence-electron chi connectivity index (χ1n) is 6.56. The number of urea groups is 1. The number of likely N-dealkylation sites (N-methyl/N-ethyl adjacent to an activating group) is 1. The maximum Gasteiger partial charge on any atom is 0.336 e. The lowest BCUT2D eigenvalue weighted by Crippen LogP contribution is -2.48. The average molecular weight is 277 g/mol. The summed E-state index contributed by atoms with van der Waals surface area (Å²) in [4.78, 5) is 27.1. The maximum atomic E-state index is 12.2. The van der Waals surface area contributed by atoms with Crippen molar-refractivity contribution < 1.29 is 14.7 Å². The first kappa shape index (κ1) is 14.3. The van der Waals surface area contributed by atoms with Gasteiger partial charge in [0.15, 0.2) is 0 Å². The van der Waals surface area contributed by atoms with E-state index < -0.39 is 5.97 Å². The van der Waals surface area contributed by atoms with E-state index in [-0.39, 0.29) is 11.6 Å². The lowest BCUT2D eigenvalue weighted by atomic mass is 10.1. The molecule has 1 fully saturated rings. The first-order chi connectivity index (χ1) is 9.49. The Bertz CT molecular complexity index is 522. The van der Waals surface area contributed by atoms with Crippen LogP contribution in [-0.2, 0) is 0 Å². The Hall–Kier alpha value is -2.08. The number of piperazine rings is 1. The number of carboxylic acid groups (broad SMARTS) is 1. The molecule has 0 saturated carbocycles. The molecule has 0 aliphatic carbocycles. The predicted molar refractivity (Wildman–Crippen MR) is 76.2 cm³/mol. The highest BCUT2D eigenvalue weighted by molar-refractivity contribution is 5.95. The predicted octanol–water partition coefficient (Wildman–Crippen LogP) is 1.47. The van der Waals surface area contributed by atoms with Gasteiger partial charge in [-0.2, -0.15) is 0 Å². The van der Waals surface area contributed by atoms with Crippen molar-refractivity contribution in [2.75, 3.05) is 38.5 Å². The molecule has 2 N–H and O–H groups in total. The molecule has 6 nitrogen and oxygen atoms in total. The Labute approximate surface area is 118 Å². The molecule has 2 rings (SSSR count). The van der Waals surface area contributed by atoms with E-state index in [0.29, 0.717) is 24.3 Å². The van der Waals surface area contributed by atoms with Gasteiger partial charge in [0, 0.05) is 31.9 Å². The topological polar surface area (TPSA) is 72.9 Å². The lowest BCUT2D eigenvalue weighted by Gasteiger charge is -2.32. The molecule has 0 bridgehead atoms. The summed E-state index contributed by atoms with van der Waals surface area (Å²) >= 11 is 0. The van der Waals surface area contributed by atoms with Crippen LogP contribution in [0.15, 0.2) is 18.2 Å². The van der Waals surface area contributed by atoms with Gasteiger partial charge in [-0.1, -0.05) is 6.07 Å². The van der Waals surface area contributed by atoms with Crippen LogP contribution in [0.3, 0.4) is 0 Å². The third-order valence-electron chi connectivity index (χ3n) is 3.60. The molecule has 0 atom stereocenters. The van der Waals surface area contributed by atoms with E-state index in [1.54, 1.807) is 24.0 Å². The van der Waals surface area contributed by atoms with E-state index in [2.05, 4.69) is 10.2 Å². The van der Waals surface area contributed by atoms with Gasteiger partial charge >= 0.3 is 12.0 Å². The van der Waals surface area contributed by atoms with Gasteiger partial charge in [0.2, 0.25) is 0 Å². The van der Waals surface area contributed by atoms with Gasteiger partial charge < -0.3 is 20.2 Å². The van der Waals surface area contributed by atoms with Gasteiger partial charge in [-0.3, -0.25) is 0 Å². The molecule has 20 heavy (non-hydrogen) atoms. The number of benzene rings is 1. The highest BCUT2D eigenvalue weighted by atomic mass is 16.4. The largest absolute Gasteiger partial charge is 0.478 e. The number of hydrogen-bond acceptors (Lipinski definition) is 3. The van der Waals surface area contributed by atoms with Crippen LogP contribution in [0.5, 0.6) is 0 Å². The first-order valence-corrected chi connectivity index (χ1v) is 6.56. The molecule has 1 aliphatic heterocycles. The molecule has 0 unspecified atom stereocenters. The number of nitrogens with one attached hydrogen (secondary N) is 1. The Morgan fingerprint density at radius 2 is 1.85 bits per heavy atom. The van der Waals surface area contributed by atoms with Crippen molar-refractivity contribution in [2.45, 2.75) is 6.92 Å². The zero-order valence-corrected chi connectivity index (χ0v) is 11.7. The van der Waals surface area contributed by atoms with Crippen molar-refractivity contribution in [1.29, 1.82) is 0 Å². The minimum Gasteiger partial charge on any atom is -0.478 e. The summed E-state index contributed by atoms with van der Waals surface area (Å²) < 4.78 is 0. The minimum atomic E-state index is -0.988. The molecule has 1 aromatic rings. The van der Waals surface area contributed by atoms with Crippen LogP contribution >= 0.6 is 0 Å². The third-order valence-corrected chi connectivity index (χ3v) is 3.60. The van der Waals surface area contributed by atoms with Crippen LogP contribution in [0.4, 0.5) is 10.5 Å². The van der Waals surface area contributed by atoms with E-state index in [4.69, 9.17) is 5.11 Å². The van der Waals surface area contributed by atoms with Gasteiger partial charge in [0.05, 0.1) is 5.56 Å². The number of hydrogen-bond donors (Lipinski definition) is 2. The monoisotopic (exact) mass is 277 g/mol. The fourth-order valence-electron chi connectivity index (χ4n) is 2.21. The molecule has 1 aromatic carbocycles. The molecule has 0 spiro atoms. The van der Waals surface area contributed by atoms with Crippen molar-refractivity contribution in [3.8, 4) is 0 Å². The van der Waals surface area contributed by atoms with Gasteiger partial charge in [-0.05, 0) is 31.7 Å². The number of rotatable bonds is 2. The quantitative estimate of drug-likeness (QED) is 0.858. The summed E-state index contributed by atoms with van der Waals surface area (Å²) in [7, 11) is 2.02. The summed E-state index contributed by atoms with van der Waals surface area (Å²) in [5.41, 5.74) is 1.33. The summed E-state index contributed by atoms with van der Waals surface area (Å²) in [6.45, 7) is 4.76. The molecule has 6 heteroatoms. The molecule has 1 aliphatic rings. The fraction of sp³-hybridized carbons (Fsp3) is 0.429. The van der Waals surface area contributed by atoms with Crippen LogP contribution in [-0.4, -0.2) is 60.1 Å². The maximum absolute atomic E-state index is 12.2. The van der Waals surface area contributed by atoms with E-state index in [0.717, 1.165) is 13.1 Å². The Morgan fingerprint density at radius 3 is 2.45 bits per heavy atom. The molecular formula is C14H19N3O3. The Morgan fingerprint density at radius 1 is 1.20 bits per heavy atom. The molecule has 108 valence electrons. The van der Waals surface area contributed by atoms with E-state index >= 15 is 0 Å². The molecule has 2 amide bonds. The van der Waals surface area contributed by atoms with Crippen molar-refractivity contribution in [3.05, 3.63) is 29.3 Å². The zero-order valence-electron chi connectivity index (χ0n) is 11.7. The van der Waals surface area contributed by atoms with Crippen molar-refractivity contribution >= 4 is 17.7 Å². The second-order valence-electron chi connectivity index (χ2n) is 5.00. The van der Waals surface area contributed by atoms with Crippen molar-refractivity contribution in [2.24, 2.45) is 0 Å². The minimum absolute atomic E-state index is 0.177. The number of aromatic carboxylic acids is 1. The van der Waals surface area contributed by atoms with Crippen LogP contribution < -0.4 is 5.32 Å². The second-order valence-corrected chi connectivity index (χ2v) is 5.00. The zero-order chi connectivity index (χ0) is 14.7. The number of nitrogens with zero attached hydrogens (tertiary/aromatic N) is 2. The molecular weight excluding hydrogens is 258 g/mol. The second kappa shape index (κ2) is 5.92. The molecule has 0 radical (unpaired) electrons. The van der Waals surface area contributed by atoms with Gasteiger partial charge in [-0.25, -0.2) is 9.59 Å². The summed E-state index contributed by atoms with van der Waals surface area (Å²) in [5.74, 6) is -0.988. The number of carboxylic acids is 1. The summed E-state index contributed by atoms with van der Waals surface area (Å²) in [6, 6.07) is 4.71. The molecule has 1 saturated heterocycles. The number of anilines is 1. The SMILES string of the molecule is Cc1c(NC(=O)N2CCN(C)CC2)cccc1C(=O)O. The van der Waals surface area contributed by atoms with Crippen LogP contribution in [0, 0.1) is 6.92 Å². The number of carbonyl (C=O) groups excluding carboxylic acids is 1. The highest BCUT2D eigenvalue weighted by Crippen LogP contribution is 2.19. The van der Waals surface area contributed by atoms with Crippen LogP contribution in [0.2, 0.25) is 0 Å². The van der Waals surface area contributed by atoms with E-state index in [1.807, 2.05) is 7.05 Å². The Balaban J connectivity index is 2.08. The van der Waals surface area contributed by atoms with Gasteiger partial charge in [0.1, 0.15) is 0 Å². The van der Waals surface area contributed by atoms with Crippen LogP contribution in [0.1, 0.15) is 15.9 Å². The Kier molecular flexibility index (Phi) is 4.24. The summed E-state index contributed by atoms with van der Waals surface area (Å²) in [5, 5.41) is 11.9. The summed E-state index contributed by atoms with van der Waals surface area (Å²) in [6.07, 6.45) is 0. The van der Waals surface area contributed by atoms with E-state index in [1.165, 1.54) is 6.07 Å². The number of carbonyl (C=O) groups is 2. The van der Waals surface area contributed by atoms with E-state index in [9.17, 15) is 9.59 Å². The van der Waals surface area contributed by atoms with Crippen molar-refractivity contribution in [1.82, 2.24) is 9.80 Å². The number of amides is 2. The van der Waals surface area contributed by atoms with Gasteiger partial charge in [-0.15, -0.1) is 0 Å². The standard InChI is InChI=1S/C14H19N3O3/c1-10-11(13(18)19)4-3-5-12(10)15-14(20)17-8-6-16(2)7-9-17/h3-5H,6-9H2,1-2H3,(H,15,20)(H,18,19). The normalized spacial score (nSPS) is 16.0.